The van der Waals surface area contributed by atoms with Gasteiger partial charge in [-0.15, -0.1) is 11.6 Å². The second-order valence-corrected chi connectivity index (χ2v) is 6.40. The molecule has 1 saturated heterocycles. The number of rotatable bonds is 0. The van der Waals surface area contributed by atoms with Gasteiger partial charge in [0, 0.05) is 12.0 Å². The van der Waals surface area contributed by atoms with Crippen molar-refractivity contribution in [3.05, 3.63) is 0 Å². The molecule has 2 rings (SSSR count). The summed E-state index contributed by atoms with van der Waals surface area (Å²) >= 11 is 6.23. The van der Waals surface area contributed by atoms with E-state index < -0.39 is 0 Å². The van der Waals surface area contributed by atoms with Crippen molar-refractivity contribution in [2.75, 3.05) is 6.61 Å². The van der Waals surface area contributed by atoms with Crippen LogP contribution in [0, 0.1) is 5.41 Å². The Balaban J connectivity index is 1.98. The molecule has 0 aromatic rings. The molecule has 1 unspecified atom stereocenters. The summed E-state index contributed by atoms with van der Waals surface area (Å²) in [4.78, 5) is 0. The molecule has 1 atom stereocenters. The van der Waals surface area contributed by atoms with Crippen LogP contribution < -0.4 is 0 Å². The molecular weight excluding hydrogens is 196 g/mol. The van der Waals surface area contributed by atoms with E-state index >= 15 is 0 Å². The molecule has 0 N–H and O–H groups in total. The maximum Gasteiger partial charge on any atom is 0.0697 e. The first-order valence-corrected chi connectivity index (χ1v) is 6.23. The van der Waals surface area contributed by atoms with E-state index in [9.17, 15) is 0 Å². The molecule has 0 amide bonds. The van der Waals surface area contributed by atoms with E-state index in [1.54, 1.807) is 0 Å². The van der Waals surface area contributed by atoms with E-state index in [-0.39, 0.29) is 5.60 Å². The Labute approximate surface area is 92.2 Å². The van der Waals surface area contributed by atoms with Gasteiger partial charge in [-0.1, -0.05) is 13.8 Å². The molecule has 2 fully saturated rings. The predicted molar refractivity (Wildman–Crippen MR) is 59.8 cm³/mol. The minimum absolute atomic E-state index is 0.153. The Hall–Kier alpha value is 0.250. The number of hydrogen-bond donors (Lipinski definition) is 0. The second-order valence-electron chi connectivity index (χ2n) is 5.79. The summed E-state index contributed by atoms with van der Waals surface area (Å²) in [5.41, 5.74) is 0.675. The van der Waals surface area contributed by atoms with Gasteiger partial charge in [0.25, 0.3) is 0 Å². The highest BCUT2D eigenvalue weighted by Crippen LogP contribution is 2.46. The lowest BCUT2D eigenvalue weighted by Gasteiger charge is -2.46. The molecule has 82 valence electrons. The van der Waals surface area contributed by atoms with Crippen LogP contribution in [0.15, 0.2) is 0 Å². The number of halogens is 1. The van der Waals surface area contributed by atoms with Crippen molar-refractivity contribution in [1.82, 2.24) is 0 Å². The highest BCUT2D eigenvalue weighted by atomic mass is 35.5. The summed E-state index contributed by atoms with van der Waals surface area (Å²) in [7, 11) is 0. The average Bonchev–Trinajstić information content (AvgIpc) is 2.12. The first-order valence-electron chi connectivity index (χ1n) is 5.80. The maximum atomic E-state index is 6.23. The molecule has 0 bridgehead atoms. The molecule has 1 aliphatic carbocycles. The second kappa shape index (κ2) is 3.68. The predicted octanol–water partition coefficient (Wildman–Crippen LogP) is 3.74. The van der Waals surface area contributed by atoms with Gasteiger partial charge in [-0.25, -0.2) is 0 Å². The fraction of sp³-hybridized carbons (Fsp3) is 1.00. The zero-order chi connectivity index (χ0) is 10.2. The normalized spacial score (nSPS) is 35.8. The van der Waals surface area contributed by atoms with E-state index in [1.165, 1.54) is 25.7 Å². The molecule has 14 heavy (non-hydrogen) atoms. The SMILES string of the molecule is CC1(C)CCC2(CC1)CC(Cl)CCO2. The van der Waals surface area contributed by atoms with Crippen molar-refractivity contribution in [3.63, 3.8) is 0 Å². The highest BCUT2D eigenvalue weighted by molar-refractivity contribution is 6.20. The molecule has 1 heterocycles. The lowest BCUT2D eigenvalue weighted by atomic mass is 9.69. The van der Waals surface area contributed by atoms with E-state index in [0.29, 0.717) is 10.8 Å². The monoisotopic (exact) mass is 216 g/mol. The molecule has 0 aromatic carbocycles. The van der Waals surface area contributed by atoms with Crippen LogP contribution in [-0.4, -0.2) is 17.6 Å². The van der Waals surface area contributed by atoms with E-state index in [4.69, 9.17) is 16.3 Å². The minimum Gasteiger partial charge on any atom is -0.375 e. The zero-order valence-electron chi connectivity index (χ0n) is 9.31. The van der Waals surface area contributed by atoms with Crippen LogP contribution in [0.2, 0.25) is 0 Å². The van der Waals surface area contributed by atoms with Gasteiger partial charge in [0.2, 0.25) is 0 Å². The quantitative estimate of drug-likeness (QED) is 0.561. The maximum absolute atomic E-state index is 6.23. The summed E-state index contributed by atoms with van der Waals surface area (Å²) in [6.45, 7) is 5.59. The summed E-state index contributed by atoms with van der Waals surface area (Å²) < 4.78 is 5.99. The largest absolute Gasteiger partial charge is 0.375 e. The number of hydrogen-bond acceptors (Lipinski definition) is 1. The van der Waals surface area contributed by atoms with Crippen LogP contribution in [0.1, 0.15) is 52.4 Å². The molecule has 2 aliphatic rings. The third kappa shape index (κ3) is 2.25. The smallest absolute Gasteiger partial charge is 0.0697 e. The third-order valence-electron chi connectivity index (χ3n) is 3.95. The number of ether oxygens (including phenoxy) is 1. The van der Waals surface area contributed by atoms with Crippen LogP contribution in [0.5, 0.6) is 0 Å². The Kier molecular flexibility index (Phi) is 2.83. The third-order valence-corrected chi connectivity index (χ3v) is 4.32. The van der Waals surface area contributed by atoms with Crippen molar-refractivity contribution < 1.29 is 4.74 Å². The van der Waals surface area contributed by atoms with Crippen LogP contribution in [0.25, 0.3) is 0 Å². The van der Waals surface area contributed by atoms with Gasteiger partial charge in [-0.3, -0.25) is 0 Å². The lowest BCUT2D eigenvalue weighted by Crippen LogP contribution is -2.44. The summed E-state index contributed by atoms with van der Waals surface area (Å²) in [5.74, 6) is 0. The number of alkyl halides is 1. The standard InChI is InChI=1S/C12H21ClO/c1-11(2)4-6-12(7-5-11)9-10(13)3-8-14-12/h10H,3-9H2,1-2H3. The van der Waals surface area contributed by atoms with Crippen molar-refractivity contribution >= 4 is 11.6 Å². The van der Waals surface area contributed by atoms with Crippen LogP contribution in [0.4, 0.5) is 0 Å². The van der Waals surface area contributed by atoms with Gasteiger partial charge >= 0.3 is 0 Å². The molecule has 1 saturated carbocycles. The fourth-order valence-corrected chi connectivity index (χ4v) is 3.07. The van der Waals surface area contributed by atoms with Gasteiger partial charge in [0.15, 0.2) is 0 Å². The van der Waals surface area contributed by atoms with Gasteiger partial charge in [-0.05, 0) is 43.9 Å². The topological polar surface area (TPSA) is 9.23 Å². The molecule has 1 spiro atoms. The molecule has 1 nitrogen and oxygen atoms in total. The Bertz CT molecular complexity index is 202. The van der Waals surface area contributed by atoms with Gasteiger partial charge in [0.1, 0.15) is 0 Å². The molecule has 0 aromatic heterocycles. The van der Waals surface area contributed by atoms with Crippen molar-refractivity contribution in [2.45, 2.75) is 63.4 Å². The average molecular weight is 217 g/mol. The van der Waals surface area contributed by atoms with E-state index in [1.807, 2.05) is 0 Å². The zero-order valence-corrected chi connectivity index (χ0v) is 10.1. The summed E-state index contributed by atoms with van der Waals surface area (Å²) in [6, 6.07) is 0. The highest BCUT2D eigenvalue weighted by Gasteiger charge is 2.42. The Morgan fingerprint density at radius 3 is 2.36 bits per heavy atom. The first kappa shape index (κ1) is 10.8. The van der Waals surface area contributed by atoms with Crippen LogP contribution in [0.3, 0.4) is 0 Å². The van der Waals surface area contributed by atoms with Gasteiger partial charge in [-0.2, -0.15) is 0 Å². The first-order chi connectivity index (χ1) is 6.52. The molecule has 2 heteroatoms. The molecule has 0 radical (unpaired) electrons. The Morgan fingerprint density at radius 1 is 1.14 bits per heavy atom. The summed E-state index contributed by atoms with van der Waals surface area (Å²) in [6.07, 6.45) is 7.11. The molecule has 1 aliphatic heterocycles. The minimum atomic E-state index is 0.153. The Morgan fingerprint density at radius 2 is 1.79 bits per heavy atom. The van der Waals surface area contributed by atoms with Crippen LogP contribution >= 0.6 is 11.6 Å². The summed E-state index contributed by atoms with van der Waals surface area (Å²) in [5, 5.41) is 0.352. The van der Waals surface area contributed by atoms with Crippen LogP contribution in [-0.2, 0) is 4.74 Å². The lowest BCUT2D eigenvalue weighted by molar-refractivity contribution is -0.113. The van der Waals surface area contributed by atoms with E-state index in [2.05, 4.69) is 13.8 Å². The fourth-order valence-electron chi connectivity index (χ4n) is 2.70. The van der Waals surface area contributed by atoms with Crippen molar-refractivity contribution in [1.29, 1.82) is 0 Å². The van der Waals surface area contributed by atoms with Gasteiger partial charge < -0.3 is 4.74 Å². The van der Waals surface area contributed by atoms with Gasteiger partial charge in [0.05, 0.1) is 5.60 Å². The van der Waals surface area contributed by atoms with Crippen molar-refractivity contribution in [3.8, 4) is 0 Å². The molecular formula is C12H21ClO. The van der Waals surface area contributed by atoms with Crippen molar-refractivity contribution in [2.24, 2.45) is 5.41 Å². The van der Waals surface area contributed by atoms with E-state index in [0.717, 1.165) is 19.4 Å².